The van der Waals surface area contributed by atoms with E-state index in [9.17, 15) is 0 Å². The highest BCUT2D eigenvalue weighted by atomic mass is 15.7. The zero-order chi connectivity index (χ0) is 11.7. The van der Waals surface area contributed by atoms with Crippen molar-refractivity contribution in [3.63, 3.8) is 0 Å². The molecule has 0 aromatic heterocycles. The molecular weight excluding hydrogens is 200 g/mol. The van der Waals surface area contributed by atoms with E-state index in [1.54, 1.807) is 0 Å². The highest BCUT2D eigenvalue weighted by Gasteiger charge is 2.29. The molecule has 2 heterocycles. The number of hydrogen-bond acceptors (Lipinski definition) is 2. The second-order valence-corrected chi connectivity index (χ2v) is 5.49. The Morgan fingerprint density at radius 2 is 0.875 bits per heavy atom. The van der Waals surface area contributed by atoms with E-state index >= 15 is 0 Å². The summed E-state index contributed by atoms with van der Waals surface area (Å²) >= 11 is 0. The molecule has 2 aliphatic heterocycles. The summed E-state index contributed by atoms with van der Waals surface area (Å²) in [7, 11) is 0. The molecule has 2 aliphatic rings. The van der Waals surface area contributed by atoms with Crippen LogP contribution in [0.5, 0.6) is 0 Å². The normalized spacial score (nSPS) is 40.2. The van der Waals surface area contributed by atoms with Gasteiger partial charge >= 0.3 is 0 Å². The Kier molecular flexibility index (Phi) is 3.36. The van der Waals surface area contributed by atoms with Gasteiger partial charge in [0, 0.05) is 24.2 Å². The van der Waals surface area contributed by atoms with Crippen LogP contribution in [0.25, 0.3) is 0 Å². The predicted octanol–water partition coefficient (Wildman–Crippen LogP) is 3.01. The molecule has 4 heteroatoms. The lowest BCUT2D eigenvalue weighted by atomic mass is 10.2. The number of hydrogen-bond donors (Lipinski definition) is 0. The summed E-state index contributed by atoms with van der Waals surface area (Å²) < 4.78 is 0. The number of nitrogens with zero attached hydrogens (tertiary/aromatic N) is 4. The molecule has 92 valence electrons. The minimum Gasteiger partial charge on any atom is -0.272 e. The van der Waals surface area contributed by atoms with Gasteiger partial charge in [-0.25, -0.2) is 0 Å². The van der Waals surface area contributed by atoms with Crippen molar-refractivity contribution in [2.75, 3.05) is 0 Å². The van der Waals surface area contributed by atoms with Crippen molar-refractivity contribution in [1.82, 2.24) is 10.0 Å². The minimum atomic E-state index is 0.548. The van der Waals surface area contributed by atoms with Crippen molar-refractivity contribution < 1.29 is 0 Å². The molecule has 4 nitrogen and oxygen atoms in total. The van der Waals surface area contributed by atoms with Crippen molar-refractivity contribution in [1.29, 1.82) is 0 Å². The first-order valence-corrected chi connectivity index (χ1v) is 6.58. The topological polar surface area (TPSA) is 31.2 Å². The fourth-order valence-corrected chi connectivity index (χ4v) is 2.81. The van der Waals surface area contributed by atoms with Crippen molar-refractivity contribution in [2.24, 2.45) is 10.4 Å². The molecule has 4 atom stereocenters. The van der Waals surface area contributed by atoms with Crippen molar-refractivity contribution in [2.45, 2.75) is 77.5 Å². The largest absolute Gasteiger partial charge is 0.272 e. The van der Waals surface area contributed by atoms with Crippen LogP contribution in [0.1, 0.15) is 53.4 Å². The maximum absolute atomic E-state index is 4.45. The van der Waals surface area contributed by atoms with Gasteiger partial charge in [-0.1, -0.05) is 10.4 Å². The summed E-state index contributed by atoms with van der Waals surface area (Å²) in [5, 5.41) is 13.2. The Morgan fingerprint density at radius 3 is 1.12 bits per heavy atom. The molecule has 0 spiro atoms. The third kappa shape index (κ3) is 2.15. The van der Waals surface area contributed by atoms with Gasteiger partial charge in [0.15, 0.2) is 0 Å². The van der Waals surface area contributed by atoms with E-state index in [1.165, 1.54) is 25.7 Å². The van der Waals surface area contributed by atoms with E-state index in [2.05, 4.69) is 48.2 Å². The van der Waals surface area contributed by atoms with Gasteiger partial charge < -0.3 is 0 Å². The van der Waals surface area contributed by atoms with Gasteiger partial charge in [-0.05, 0) is 53.4 Å². The van der Waals surface area contributed by atoms with Gasteiger partial charge in [0.1, 0.15) is 0 Å². The summed E-state index contributed by atoms with van der Waals surface area (Å²) in [6.45, 7) is 8.94. The van der Waals surface area contributed by atoms with E-state index in [4.69, 9.17) is 0 Å². The lowest BCUT2D eigenvalue weighted by Crippen LogP contribution is -2.30. The second-order valence-electron chi connectivity index (χ2n) is 5.49. The van der Waals surface area contributed by atoms with Crippen molar-refractivity contribution in [3.8, 4) is 0 Å². The van der Waals surface area contributed by atoms with Crippen LogP contribution in [-0.4, -0.2) is 34.2 Å². The van der Waals surface area contributed by atoms with Gasteiger partial charge in [0.05, 0.1) is 0 Å². The first-order valence-electron chi connectivity index (χ1n) is 6.58. The zero-order valence-corrected chi connectivity index (χ0v) is 10.9. The Labute approximate surface area is 98.6 Å². The Bertz CT molecular complexity index is 220. The lowest BCUT2D eigenvalue weighted by Gasteiger charge is -2.25. The molecule has 0 aromatic rings. The minimum absolute atomic E-state index is 0.548. The molecule has 0 N–H and O–H groups in total. The van der Waals surface area contributed by atoms with Crippen LogP contribution in [0.2, 0.25) is 0 Å². The third-order valence-corrected chi connectivity index (χ3v) is 4.06. The summed E-state index contributed by atoms with van der Waals surface area (Å²) in [5.74, 6) is 0. The molecular formula is C12H24N4. The van der Waals surface area contributed by atoms with Crippen LogP contribution in [0, 0.1) is 0 Å². The van der Waals surface area contributed by atoms with Crippen LogP contribution in [-0.2, 0) is 0 Å². The summed E-state index contributed by atoms with van der Waals surface area (Å²) in [6, 6.07) is 2.19. The van der Waals surface area contributed by atoms with E-state index in [-0.39, 0.29) is 0 Å². The second kappa shape index (κ2) is 4.60. The maximum atomic E-state index is 4.45. The first-order chi connectivity index (χ1) is 7.59. The SMILES string of the molecule is CC1CCC(C)N1/N=N/N1C(C)CCC1C. The fourth-order valence-electron chi connectivity index (χ4n) is 2.81. The van der Waals surface area contributed by atoms with Gasteiger partial charge in [-0.2, -0.15) is 0 Å². The van der Waals surface area contributed by atoms with Gasteiger partial charge in [-0.15, -0.1) is 0 Å². The average molecular weight is 224 g/mol. The molecule has 0 aromatic carbocycles. The quantitative estimate of drug-likeness (QED) is 0.675. The molecule has 16 heavy (non-hydrogen) atoms. The number of rotatable bonds is 2. The van der Waals surface area contributed by atoms with Crippen LogP contribution in [0.3, 0.4) is 0 Å². The molecule has 2 fully saturated rings. The molecule has 0 aliphatic carbocycles. The molecule has 0 saturated carbocycles. The van der Waals surface area contributed by atoms with E-state index in [0.717, 1.165) is 0 Å². The summed E-state index contributed by atoms with van der Waals surface area (Å²) in [5.41, 5.74) is 0. The molecule has 4 unspecified atom stereocenters. The van der Waals surface area contributed by atoms with E-state index in [1.807, 2.05) is 0 Å². The van der Waals surface area contributed by atoms with Crippen LogP contribution < -0.4 is 0 Å². The molecule has 0 radical (unpaired) electrons. The lowest BCUT2D eigenvalue weighted by molar-refractivity contribution is 0.140. The Morgan fingerprint density at radius 1 is 0.625 bits per heavy atom. The van der Waals surface area contributed by atoms with Gasteiger partial charge in [0.25, 0.3) is 0 Å². The summed E-state index contributed by atoms with van der Waals surface area (Å²) in [6.07, 6.45) is 4.97. The van der Waals surface area contributed by atoms with E-state index in [0.29, 0.717) is 24.2 Å². The van der Waals surface area contributed by atoms with Crippen LogP contribution >= 0.6 is 0 Å². The van der Waals surface area contributed by atoms with Crippen molar-refractivity contribution in [3.05, 3.63) is 0 Å². The summed E-state index contributed by atoms with van der Waals surface area (Å²) in [4.78, 5) is 0. The monoisotopic (exact) mass is 224 g/mol. The average Bonchev–Trinajstić information content (AvgIpc) is 2.72. The van der Waals surface area contributed by atoms with Crippen LogP contribution in [0.15, 0.2) is 10.4 Å². The molecule has 0 amide bonds. The predicted molar refractivity (Wildman–Crippen MR) is 64.9 cm³/mol. The molecule has 2 saturated heterocycles. The van der Waals surface area contributed by atoms with E-state index < -0.39 is 0 Å². The highest BCUT2D eigenvalue weighted by Crippen LogP contribution is 2.27. The van der Waals surface area contributed by atoms with Gasteiger partial charge in [0.2, 0.25) is 0 Å². The Hall–Kier alpha value is -0.800. The zero-order valence-electron chi connectivity index (χ0n) is 10.9. The highest BCUT2D eigenvalue weighted by molar-refractivity contribution is 4.80. The van der Waals surface area contributed by atoms with Gasteiger partial charge in [-0.3, -0.25) is 10.0 Å². The standard InChI is InChI=1S/C12H24N4/c1-9-5-6-10(2)15(9)13-14-16-11(3)7-8-12(16)4/h9-12H,5-8H2,1-4H3/b14-13+. The van der Waals surface area contributed by atoms with Crippen molar-refractivity contribution >= 4 is 0 Å². The Balaban J connectivity index is 1.97. The van der Waals surface area contributed by atoms with Crippen LogP contribution in [0.4, 0.5) is 0 Å². The fraction of sp³-hybridized carbons (Fsp3) is 1.00. The molecule has 0 bridgehead atoms. The first kappa shape index (κ1) is 11.7. The smallest absolute Gasteiger partial charge is 0.0464 e. The maximum Gasteiger partial charge on any atom is 0.0464 e. The third-order valence-electron chi connectivity index (χ3n) is 4.06. The molecule has 2 rings (SSSR count).